The van der Waals surface area contributed by atoms with Crippen molar-refractivity contribution in [3.63, 3.8) is 0 Å². The second-order valence-electron chi connectivity index (χ2n) is 5.91. The van der Waals surface area contributed by atoms with Crippen LogP contribution in [0.2, 0.25) is 0 Å². The van der Waals surface area contributed by atoms with Crippen LogP contribution in [0.4, 0.5) is 0 Å². The minimum Gasteiger partial charge on any atom is -0.423 e. The maximum absolute atomic E-state index is 11.6. The van der Waals surface area contributed by atoms with Gasteiger partial charge in [0.2, 0.25) is 0 Å². The lowest BCUT2D eigenvalue weighted by Gasteiger charge is -2.51. The number of carbonyl (C=O) groups is 1. The van der Waals surface area contributed by atoms with Crippen LogP contribution in [0.5, 0.6) is 0 Å². The molecule has 0 spiro atoms. The molecular formula is C15H18O3. The summed E-state index contributed by atoms with van der Waals surface area (Å²) in [4.78, 5) is 11.6. The topological polar surface area (TPSA) is 46.5 Å². The average molecular weight is 246 g/mol. The van der Waals surface area contributed by atoms with Gasteiger partial charge in [-0.05, 0) is 37.8 Å². The lowest BCUT2D eigenvalue weighted by Crippen LogP contribution is -2.51. The van der Waals surface area contributed by atoms with E-state index in [9.17, 15) is 9.90 Å². The fourth-order valence-corrected chi connectivity index (χ4v) is 3.43. The van der Waals surface area contributed by atoms with Crippen molar-refractivity contribution in [3.8, 4) is 0 Å². The number of aliphatic hydroxyl groups is 1. The van der Waals surface area contributed by atoms with E-state index in [-0.39, 0.29) is 11.4 Å². The van der Waals surface area contributed by atoms with Gasteiger partial charge in [0.05, 0.1) is 5.60 Å². The molecule has 2 aliphatic carbocycles. The van der Waals surface area contributed by atoms with Gasteiger partial charge in [-0.3, -0.25) is 0 Å². The number of ether oxygens (including phenoxy) is 1. The number of hydrogen-bond acceptors (Lipinski definition) is 3. The van der Waals surface area contributed by atoms with E-state index in [1.807, 2.05) is 13.0 Å². The Morgan fingerprint density at radius 2 is 2.22 bits per heavy atom. The highest BCUT2D eigenvalue weighted by Crippen LogP contribution is 2.56. The Hall–Kier alpha value is -1.35. The highest BCUT2D eigenvalue weighted by Gasteiger charge is 2.54. The summed E-state index contributed by atoms with van der Waals surface area (Å²) < 4.78 is 5.28. The molecule has 0 aromatic heterocycles. The Bertz CT molecular complexity index is 526. The number of hydrogen-bond donors (Lipinski definition) is 1. The summed E-state index contributed by atoms with van der Waals surface area (Å²) in [7, 11) is 0. The van der Waals surface area contributed by atoms with Crippen molar-refractivity contribution in [1.82, 2.24) is 0 Å². The van der Waals surface area contributed by atoms with Crippen LogP contribution in [0.1, 0.15) is 39.5 Å². The molecule has 1 fully saturated rings. The number of carbonyl (C=O) groups excluding carboxylic acids is 1. The summed E-state index contributed by atoms with van der Waals surface area (Å²) in [6.45, 7) is 7.84. The molecule has 1 N–H and O–H groups in total. The van der Waals surface area contributed by atoms with Gasteiger partial charge in [-0.2, -0.15) is 0 Å². The van der Waals surface area contributed by atoms with Gasteiger partial charge in [0.1, 0.15) is 5.76 Å². The molecule has 3 rings (SSSR count). The summed E-state index contributed by atoms with van der Waals surface area (Å²) in [6, 6.07) is 0. The highest BCUT2D eigenvalue weighted by atomic mass is 16.5. The lowest BCUT2D eigenvalue weighted by molar-refractivity contribution is -0.133. The van der Waals surface area contributed by atoms with Crippen LogP contribution in [-0.4, -0.2) is 16.7 Å². The normalized spacial score (nSPS) is 39.2. The van der Waals surface area contributed by atoms with E-state index >= 15 is 0 Å². The van der Waals surface area contributed by atoms with Gasteiger partial charge in [-0.15, -0.1) is 0 Å². The first-order valence-corrected chi connectivity index (χ1v) is 6.43. The van der Waals surface area contributed by atoms with Crippen molar-refractivity contribution in [1.29, 1.82) is 0 Å². The Balaban J connectivity index is 2.17. The molecule has 2 unspecified atom stereocenters. The third kappa shape index (κ3) is 1.25. The first-order valence-electron chi connectivity index (χ1n) is 6.43. The van der Waals surface area contributed by atoms with Crippen LogP contribution in [0.25, 0.3) is 0 Å². The molecule has 18 heavy (non-hydrogen) atoms. The molecule has 3 aliphatic rings. The fraction of sp³-hybridized carbons (Fsp3) is 0.533. The Labute approximate surface area is 107 Å². The van der Waals surface area contributed by atoms with Crippen molar-refractivity contribution >= 4 is 5.97 Å². The third-order valence-electron chi connectivity index (χ3n) is 4.85. The summed E-state index contributed by atoms with van der Waals surface area (Å²) in [5.74, 6) is 0.368. The van der Waals surface area contributed by atoms with E-state index in [2.05, 4.69) is 6.58 Å². The molecular weight excluding hydrogens is 228 g/mol. The third-order valence-corrected chi connectivity index (χ3v) is 4.85. The minimum absolute atomic E-state index is 0.285. The maximum atomic E-state index is 11.6. The number of allylic oxidation sites excluding steroid dienone is 1. The summed E-state index contributed by atoms with van der Waals surface area (Å²) in [5, 5.41) is 11.0. The van der Waals surface area contributed by atoms with E-state index in [0.717, 1.165) is 30.4 Å². The van der Waals surface area contributed by atoms with Gasteiger partial charge in [0.25, 0.3) is 0 Å². The Kier molecular flexibility index (Phi) is 2.18. The molecule has 1 saturated carbocycles. The zero-order valence-electron chi connectivity index (χ0n) is 10.9. The summed E-state index contributed by atoms with van der Waals surface area (Å²) >= 11 is 0. The molecule has 0 aromatic carbocycles. The Morgan fingerprint density at radius 3 is 2.94 bits per heavy atom. The monoisotopic (exact) mass is 246 g/mol. The standard InChI is InChI=1S/C15H18O3/c1-9-5-4-6-14(3)8-12-11(7-15(9,14)17)10(2)13(16)18-12/h8,17H,1,4-7H2,2-3H3. The van der Waals surface area contributed by atoms with Gasteiger partial charge in [-0.1, -0.05) is 13.5 Å². The van der Waals surface area contributed by atoms with Crippen LogP contribution in [0.15, 0.2) is 35.1 Å². The molecule has 0 amide bonds. The highest BCUT2D eigenvalue weighted by molar-refractivity contribution is 5.94. The first kappa shape index (κ1) is 11.7. The van der Waals surface area contributed by atoms with E-state index in [1.165, 1.54) is 0 Å². The second kappa shape index (κ2) is 3.35. The molecule has 0 aromatic rings. The number of esters is 1. The first-order chi connectivity index (χ1) is 8.37. The number of fused-ring (bicyclic) bond motifs is 2. The van der Waals surface area contributed by atoms with Crippen molar-refractivity contribution in [2.75, 3.05) is 0 Å². The van der Waals surface area contributed by atoms with Crippen LogP contribution in [0, 0.1) is 5.41 Å². The van der Waals surface area contributed by atoms with Crippen LogP contribution < -0.4 is 0 Å². The van der Waals surface area contributed by atoms with Crippen molar-refractivity contribution in [3.05, 3.63) is 35.1 Å². The molecule has 0 radical (unpaired) electrons. The van der Waals surface area contributed by atoms with Crippen LogP contribution in [0.3, 0.4) is 0 Å². The number of rotatable bonds is 0. The fourth-order valence-electron chi connectivity index (χ4n) is 3.43. The zero-order chi connectivity index (χ0) is 13.1. The molecule has 0 saturated heterocycles. The summed E-state index contributed by atoms with van der Waals surface area (Å²) in [6.07, 6.45) is 5.16. The Morgan fingerprint density at radius 1 is 1.50 bits per heavy atom. The van der Waals surface area contributed by atoms with Gasteiger partial charge >= 0.3 is 5.97 Å². The quantitative estimate of drug-likeness (QED) is 0.528. The van der Waals surface area contributed by atoms with Gasteiger partial charge in [0, 0.05) is 23.0 Å². The van der Waals surface area contributed by atoms with Crippen molar-refractivity contribution in [2.24, 2.45) is 5.41 Å². The minimum atomic E-state index is -0.931. The zero-order valence-corrected chi connectivity index (χ0v) is 10.9. The average Bonchev–Trinajstić information content (AvgIpc) is 2.55. The van der Waals surface area contributed by atoms with Crippen molar-refractivity contribution < 1.29 is 14.6 Å². The van der Waals surface area contributed by atoms with E-state index < -0.39 is 5.60 Å². The molecule has 1 heterocycles. The van der Waals surface area contributed by atoms with E-state index in [1.54, 1.807) is 6.92 Å². The van der Waals surface area contributed by atoms with E-state index in [4.69, 9.17) is 4.74 Å². The molecule has 1 aliphatic heterocycles. The van der Waals surface area contributed by atoms with Crippen LogP contribution >= 0.6 is 0 Å². The lowest BCUT2D eigenvalue weighted by atomic mass is 9.57. The van der Waals surface area contributed by atoms with Crippen LogP contribution in [-0.2, 0) is 9.53 Å². The summed E-state index contributed by atoms with van der Waals surface area (Å²) in [5.41, 5.74) is 1.05. The van der Waals surface area contributed by atoms with Gasteiger partial charge < -0.3 is 9.84 Å². The second-order valence-corrected chi connectivity index (χ2v) is 5.91. The molecule has 3 heteroatoms. The molecule has 3 nitrogen and oxygen atoms in total. The van der Waals surface area contributed by atoms with Gasteiger partial charge in [0.15, 0.2) is 0 Å². The molecule has 2 atom stereocenters. The van der Waals surface area contributed by atoms with E-state index in [0.29, 0.717) is 17.8 Å². The smallest absolute Gasteiger partial charge is 0.339 e. The SMILES string of the molecule is C=C1CCCC2(C)C=C3OC(=O)C(C)=C3CC12O. The molecule has 96 valence electrons. The van der Waals surface area contributed by atoms with Crippen molar-refractivity contribution in [2.45, 2.75) is 45.1 Å². The van der Waals surface area contributed by atoms with Gasteiger partial charge in [-0.25, -0.2) is 4.79 Å². The predicted molar refractivity (Wildman–Crippen MR) is 67.5 cm³/mol. The molecule has 0 bridgehead atoms. The predicted octanol–water partition coefficient (Wildman–Crippen LogP) is 2.62. The largest absolute Gasteiger partial charge is 0.423 e. The maximum Gasteiger partial charge on any atom is 0.339 e.